The fraction of sp³-hybridized carbons (Fsp3) is 0.500. The van der Waals surface area contributed by atoms with Gasteiger partial charge in [-0.3, -0.25) is 10.1 Å². The number of nitrogens with one attached hydrogen (secondary N) is 1. The van der Waals surface area contributed by atoms with Crippen molar-refractivity contribution >= 4 is 23.0 Å². The van der Waals surface area contributed by atoms with Gasteiger partial charge in [-0.25, -0.2) is 0 Å². The molecule has 0 spiro atoms. The summed E-state index contributed by atoms with van der Waals surface area (Å²) in [5.74, 6) is 0. The van der Waals surface area contributed by atoms with Crippen LogP contribution in [0.5, 0.6) is 0 Å². The molecule has 1 aliphatic heterocycles. The molecule has 1 heterocycles. The highest BCUT2D eigenvalue weighted by Gasteiger charge is 2.21. The summed E-state index contributed by atoms with van der Waals surface area (Å²) >= 11 is 5.97. The molecule has 18 heavy (non-hydrogen) atoms. The van der Waals surface area contributed by atoms with Crippen molar-refractivity contribution < 1.29 is 4.92 Å². The van der Waals surface area contributed by atoms with E-state index in [4.69, 9.17) is 11.6 Å². The summed E-state index contributed by atoms with van der Waals surface area (Å²) in [6, 6.07) is 3.66. The maximum atomic E-state index is 10.8. The minimum absolute atomic E-state index is 0.0268. The second kappa shape index (κ2) is 5.12. The molecule has 0 radical (unpaired) electrons. The van der Waals surface area contributed by atoms with Gasteiger partial charge < -0.3 is 10.2 Å². The third kappa shape index (κ3) is 2.57. The van der Waals surface area contributed by atoms with E-state index in [0.717, 1.165) is 30.9 Å². The second-order valence-electron chi connectivity index (χ2n) is 4.65. The van der Waals surface area contributed by atoms with Crippen LogP contribution in [0.1, 0.15) is 12.5 Å². The zero-order valence-corrected chi connectivity index (χ0v) is 11.2. The molecule has 0 aromatic heterocycles. The fourth-order valence-electron chi connectivity index (χ4n) is 2.29. The number of anilines is 1. The van der Waals surface area contributed by atoms with Crippen molar-refractivity contribution in [1.29, 1.82) is 0 Å². The minimum atomic E-state index is -0.445. The largest absolute Gasteiger partial charge is 0.368 e. The number of hydrogen-bond acceptors (Lipinski definition) is 4. The van der Waals surface area contributed by atoms with E-state index in [1.165, 1.54) is 0 Å². The molecular weight excluding hydrogens is 254 g/mol. The van der Waals surface area contributed by atoms with Gasteiger partial charge in [0.25, 0.3) is 5.69 Å². The van der Waals surface area contributed by atoms with Gasteiger partial charge in [0.05, 0.1) is 4.92 Å². The average molecular weight is 270 g/mol. The summed E-state index contributed by atoms with van der Waals surface area (Å²) in [5, 5.41) is 14.4. The van der Waals surface area contributed by atoms with Gasteiger partial charge >= 0.3 is 0 Å². The number of nitro benzene ring substituents is 1. The maximum absolute atomic E-state index is 10.8. The first kappa shape index (κ1) is 13.1. The predicted octanol–water partition coefficient (Wildman–Crippen LogP) is 2.35. The van der Waals surface area contributed by atoms with Crippen LogP contribution in [-0.2, 0) is 0 Å². The van der Waals surface area contributed by atoms with Crippen LogP contribution in [0, 0.1) is 17.0 Å². The van der Waals surface area contributed by atoms with Crippen LogP contribution in [-0.4, -0.2) is 30.6 Å². The summed E-state index contributed by atoms with van der Waals surface area (Å²) in [6.07, 6.45) is 0. The Kier molecular flexibility index (Phi) is 3.73. The normalized spacial score (nSPS) is 19.9. The Morgan fingerprint density at radius 2 is 2.28 bits per heavy atom. The van der Waals surface area contributed by atoms with Gasteiger partial charge in [-0.1, -0.05) is 11.6 Å². The molecule has 0 saturated carbocycles. The minimum Gasteiger partial charge on any atom is -0.368 e. The molecule has 0 unspecified atom stereocenters. The van der Waals surface area contributed by atoms with Crippen LogP contribution in [0.4, 0.5) is 11.4 Å². The molecule has 1 fully saturated rings. The van der Waals surface area contributed by atoms with Crippen molar-refractivity contribution in [2.45, 2.75) is 19.9 Å². The maximum Gasteiger partial charge on any atom is 0.288 e. The van der Waals surface area contributed by atoms with Gasteiger partial charge in [-0.2, -0.15) is 0 Å². The van der Waals surface area contributed by atoms with Crippen molar-refractivity contribution in [2.24, 2.45) is 0 Å². The van der Waals surface area contributed by atoms with Crippen molar-refractivity contribution in [2.75, 3.05) is 24.5 Å². The van der Waals surface area contributed by atoms with Crippen molar-refractivity contribution in [3.63, 3.8) is 0 Å². The van der Waals surface area contributed by atoms with E-state index < -0.39 is 4.92 Å². The van der Waals surface area contributed by atoms with Gasteiger partial charge in [-0.15, -0.1) is 0 Å². The third-order valence-corrected chi connectivity index (χ3v) is 3.47. The van der Waals surface area contributed by atoms with Crippen LogP contribution < -0.4 is 10.2 Å². The highest BCUT2D eigenvalue weighted by Crippen LogP contribution is 2.32. The topological polar surface area (TPSA) is 58.4 Å². The summed E-state index contributed by atoms with van der Waals surface area (Å²) in [6.45, 7) is 6.68. The molecule has 5 nitrogen and oxygen atoms in total. The Labute approximate surface area is 111 Å². The standard InChI is InChI=1S/C12H16ClN3O2/c1-8-5-12(16(17)18)10(13)6-11(8)15-4-3-14-9(2)7-15/h5-6,9,14H,3-4,7H2,1-2H3/t9-/m1/s1. The van der Waals surface area contributed by atoms with Gasteiger partial charge in [0, 0.05) is 37.4 Å². The molecule has 1 N–H and O–H groups in total. The molecule has 1 aliphatic rings. The lowest BCUT2D eigenvalue weighted by Gasteiger charge is -2.34. The van der Waals surface area contributed by atoms with Crippen molar-refractivity contribution in [3.05, 3.63) is 32.8 Å². The van der Waals surface area contributed by atoms with E-state index in [1.54, 1.807) is 12.1 Å². The second-order valence-corrected chi connectivity index (χ2v) is 5.06. The Balaban J connectivity index is 2.34. The Hall–Kier alpha value is -1.33. The molecule has 0 bridgehead atoms. The summed E-state index contributed by atoms with van der Waals surface area (Å²) in [7, 11) is 0. The van der Waals surface area contributed by atoms with Crippen LogP contribution in [0.2, 0.25) is 5.02 Å². The van der Waals surface area contributed by atoms with Crippen LogP contribution >= 0.6 is 11.6 Å². The zero-order chi connectivity index (χ0) is 13.3. The third-order valence-electron chi connectivity index (χ3n) is 3.17. The molecular formula is C12H16ClN3O2. The van der Waals surface area contributed by atoms with Crippen LogP contribution in [0.15, 0.2) is 12.1 Å². The van der Waals surface area contributed by atoms with Crippen LogP contribution in [0.25, 0.3) is 0 Å². The predicted molar refractivity (Wildman–Crippen MR) is 72.5 cm³/mol. The fourth-order valence-corrected chi connectivity index (χ4v) is 2.51. The zero-order valence-electron chi connectivity index (χ0n) is 10.4. The highest BCUT2D eigenvalue weighted by atomic mass is 35.5. The number of benzene rings is 1. The quantitative estimate of drug-likeness (QED) is 0.661. The van der Waals surface area contributed by atoms with Crippen LogP contribution in [0.3, 0.4) is 0 Å². The number of halogens is 1. The first-order chi connectivity index (χ1) is 8.49. The molecule has 0 amide bonds. The number of nitrogens with zero attached hydrogens (tertiary/aromatic N) is 2. The van der Waals surface area contributed by atoms with Gasteiger partial charge in [0.1, 0.15) is 5.02 Å². The molecule has 0 aliphatic carbocycles. The first-order valence-electron chi connectivity index (χ1n) is 5.92. The lowest BCUT2D eigenvalue weighted by Crippen LogP contribution is -2.49. The molecule has 98 valence electrons. The van der Waals surface area contributed by atoms with E-state index >= 15 is 0 Å². The van der Waals surface area contributed by atoms with E-state index in [1.807, 2.05) is 6.92 Å². The number of hydrogen-bond donors (Lipinski definition) is 1. The van der Waals surface area contributed by atoms with Gasteiger partial charge in [0.2, 0.25) is 0 Å². The SMILES string of the molecule is Cc1cc([N+](=O)[O-])c(Cl)cc1N1CCN[C@H](C)C1. The van der Waals surface area contributed by atoms with Gasteiger partial charge in [-0.05, 0) is 25.5 Å². The van der Waals surface area contributed by atoms with Crippen molar-refractivity contribution in [3.8, 4) is 0 Å². The smallest absolute Gasteiger partial charge is 0.288 e. The number of piperazine rings is 1. The van der Waals surface area contributed by atoms with E-state index in [9.17, 15) is 10.1 Å². The Morgan fingerprint density at radius 1 is 1.56 bits per heavy atom. The first-order valence-corrected chi connectivity index (χ1v) is 6.29. The number of nitro groups is 1. The summed E-state index contributed by atoms with van der Waals surface area (Å²) in [5.41, 5.74) is 1.85. The molecule has 6 heteroatoms. The van der Waals surface area contributed by atoms with E-state index in [-0.39, 0.29) is 10.7 Å². The average Bonchev–Trinajstić information content (AvgIpc) is 2.31. The van der Waals surface area contributed by atoms with E-state index in [2.05, 4.69) is 17.1 Å². The Bertz CT molecular complexity index is 479. The number of rotatable bonds is 2. The summed E-state index contributed by atoms with van der Waals surface area (Å²) in [4.78, 5) is 12.6. The molecule has 2 rings (SSSR count). The monoisotopic (exact) mass is 269 g/mol. The molecule has 1 saturated heterocycles. The lowest BCUT2D eigenvalue weighted by atomic mass is 10.1. The lowest BCUT2D eigenvalue weighted by molar-refractivity contribution is -0.384. The molecule has 1 aromatic carbocycles. The molecule has 1 aromatic rings. The summed E-state index contributed by atoms with van der Waals surface area (Å²) < 4.78 is 0. The number of aryl methyl sites for hydroxylation is 1. The highest BCUT2D eigenvalue weighted by molar-refractivity contribution is 6.33. The van der Waals surface area contributed by atoms with Crippen molar-refractivity contribution in [1.82, 2.24) is 5.32 Å². The molecule has 1 atom stereocenters. The van der Waals surface area contributed by atoms with Gasteiger partial charge in [0.15, 0.2) is 0 Å². The van der Waals surface area contributed by atoms with E-state index in [0.29, 0.717) is 6.04 Å². The Morgan fingerprint density at radius 3 is 2.89 bits per heavy atom.